The number of unbranched alkanes of at least 4 members (excludes halogenated alkanes) is 1. The highest BCUT2D eigenvalue weighted by atomic mass is 19.1. The number of likely N-dealkylation sites (tertiary alicyclic amines) is 1. The van der Waals surface area contributed by atoms with Crippen LogP contribution in [0, 0.1) is 11.7 Å². The Morgan fingerprint density at radius 2 is 2.08 bits per heavy atom. The van der Waals surface area contributed by atoms with Crippen LogP contribution in [0.25, 0.3) is 6.08 Å². The molecule has 1 aliphatic heterocycles. The van der Waals surface area contributed by atoms with E-state index in [0.717, 1.165) is 44.3 Å². The molecule has 0 radical (unpaired) electrons. The highest BCUT2D eigenvalue weighted by Crippen LogP contribution is 2.19. The highest BCUT2D eigenvalue weighted by Gasteiger charge is 2.20. The number of hydrogen-bond acceptors (Lipinski definition) is 4. The molecule has 2 N–H and O–H groups in total. The van der Waals surface area contributed by atoms with Crippen LogP contribution < -0.4 is 4.74 Å². The van der Waals surface area contributed by atoms with Crippen LogP contribution in [0.1, 0.15) is 38.2 Å². The van der Waals surface area contributed by atoms with Crippen molar-refractivity contribution in [3.8, 4) is 5.75 Å². The summed E-state index contributed by atoms with van der Waals surface area (Å²) in [4.78, 5) is 2.19. The van der Waals surface area contributed by atoms with Gasteiger partial charge in [-0.3, -0.25) is 0 Å². The molecule has 4 nitrogen and oxygen atoms in total. The number of allylic oxidation sites excluding steroid dienone is 1. The maximum Gasteiger partial charge on any atom is 0.127 e. The van der Waals surface area contributed by atoms with Crippen molar-refractivity contribution in [1.29, 1.82) is 0 Å². The summed E-state index contributed by atoms with van der Waals surface area (Å²) in [5.41, 5.74) is 0.768. The van der Waals surface area contributed by atoms with Crippen molar-refractivity contribution in [3.05, 3.63) is 35.7 Å². The molecule has 1 aromatic carbocycles. The summed E-state index contributed by atoms with van der Waals surface area (Å²) in [6.07, 6.45) is 7.22. The molecule has 0 bridgehead atoms. The van der Waals surface area contributed by atoms with Crippen LogP contribution in [0.15, 0.2) is 24.3 Å². The van der Waals surface area contributed by atoms with Crippen molar-refractivity contribution in [2.75, 3.05) is 32.8 Å². The van der Waals surface area contributed by atoms with Gasteiger partial charge in [0.2, 0.25) is 0 Å². The fourth-order valence-electron chi connectivity index (χ4n) is 3.04. The minimum absolute atomic E-state index is 0.140. The zero-order chi connectivity index (χ0) is 18.1. The second kappa shape index (κ2) is 10.5. The van der Waals surface area contributed by atoms with Gasteiger partial charge < -0.3 is 19.8 Å². The number of halogens is 1. The molecule has 0 saturated carbocycles. The molecule has 2 rings (SSSR count). The van der Waals surface area contributed by atoms with E-state index in [2.05, 4.69) is 11.8 Å². The number of aliphatic hydroxyl groups excluding tert-OH is 2. The van der Waals surface area contributed by atoms with Crippen molar-refractivity contribution in [3.63, 3.8) is 0 Å². The Labute approximate surface area is 149 Å². The molecule has 1 heterocycles. The van der Waals surface area contributed by atoms with E-state index in [1.165, 1.54) is 12.1 Å². The Hall–Kier alpha value is -1.43. The molecule has 1 aromatic rings. The van der Waals surface area contributed by atoms with Gasteiger partial charge in [-0.15, -0.1) is 0 Å². The third-order valence-electron chi connectivity index (χ3n) is 4.54. The van der Waals surface area contributed by atoms with Gasteiger partial charge in [-0.2, -0.15) is 0 Å². The van der Waals surface area contributed by atoms with E-state index >= 15 is 0 Å². The number of nitrogens with zero attached hydrogens (tertiary/aromatic N) is 1. The number of rotatable bonds is 9. The Bertz CT molecular complexity index is 542. The predicted molar refractivity (Wildman–Crippen MR) is 98.1 cm³/mol. The summed E-state index contributed by atoms with van der Waals surface area (Å²) in [5.74, 6) is 0.486. The van der Waals surface area contributed by atoms with E-state index in [1.54, 1.807) is 6.07 Å². The fourth-order valence-corrected chi connectivity index (χ4v) is 3.04. The molecule has 1 saturated heterocycles. The molecule has 0 spiro atoms. The van der Waals surface area contributed by atoms with E-state index in [-0.39, 0.29) is 19.0 Å². The van der Waals surface area contributed by atoms with Crippen molar-refractivity contribution in [2.45, 2.75) is 38.7 Å². The first-order valence-electron chi connectivity index (χ1n) is 9.22. The first-order chi connectivity index (χ1) is 12.1. The summed E-state index contributed by atoms with van der Waals surface area (Å²) >= 11 is 0. The molecule has 1 aliphatic rings. The second-order valence-electron chi connectivity index (χ2n) is 6.80. The zero-order valence-electron chi connectivity index (χ0n) is 15.0. The number of piperidine rings is 1. The van der Waals surface area contributed by atoms with E-state index in [4.69, 9.17) is 9.84 Å². The maximum absolute atomic E-state index is 13.7. The van der Waals surface area contributed by atoms with Gasteiger partial charge in [0.25, 0.3) is 0 Å². The van der Waals surface area contributed by atoms with Crippen LogP contribution in [-0.4, -0.2) is 54.1 Å². The summed E-state index contributed by atoms with van der Waals surface area (Å²) in [7, 11) is 0. The lowest BCUT2D eigenvalue weighted by Gasteiger charge is -2.32. The summed E-state index contributed by atoms with van der Waals surface area (Å²) in [6.45, 7) is 4.79. The normalized spacial score (nSPS) is 17.9. The monoisotopic (exact) mass is 351 g/mol. The average molecular weight is 351 g/mol. The molecule has 140 valence electrons. The lowest BCUT2D eigenvalue weighted by atomic mass is 9.98. The largest absolute Gasteiger partial charge is 0.491 e. The number of β-amino-alcohol motifs (C(OH)–C–C–N with tert-alkyl or cyclic N) is 1. The zero-order valence-corrected chi connectivity index (χ0v) is 15.0. The maximum atomic E-state index is 13.7. The third-order valence-corrected chi connectivity index (χ3v) is 4.54. The second-order valence-corrected chi connectivity index (χ2v) is 6.80. The van der Waals surface area contributed by atoms with Gasteiger partial charge in [-0.05, 0) is 56.0 Å². The standard InChI is InChI=1S/C20H30FNO3/c1-2-3-4-5-17-10-18(21)12-20(11-17)25-15-19(24)13-22-8-6-16(14-23)7-9-22/h4-5,10-12,16,19,23-24H,2-3,6-9,13-15H2,1H3/b5-4+. The average Bonchev–Trinajstić information content (AvgIpc) is 2.60. The van der Waals surface area contributed by atoms with Crippen LogP contribution in [0.2, 0.25) is 0 Å². The smallest absolute Gasteiger partial charge is 0.127 e. The van der Waals surface area contributed by atoms with Gasteiger partial charge >= 0.3 is 0 Å². The molecule has 1 unspecified atom stereocenters. The molecule has 0 aliphatic carbocycles. The van der Waals surface area contributed by atoms with Crippen LogP contribution >= 0.6 is 0 Å². The Balaban J connectivity index is 1.80. The van der Waals surface area contributed by atoms with Crippen molar-refractivity contribution < 1.29 is 19.3 Å². The molecule has 1 atom stereocenters. The molecule has 0 amide bonds. The van der Waals surface area contributed by atoms with Crippen molar-refractivity contribution >= 4 is 6.08 Å². The van der Waals surface area contributed by atoms with E-state index in [0.29, 0.717) is 18.2 Å². The van der Waals surface area contributed by atoms with Gasteiger partial charge in [0.15, 0.2) is 0 Å². The van der Waals surface area contributed by atoms with Gasteiger partial charge in [-0.1, -0.05) is 25.5 Å². The summed E-state index contributed by atoms with van der Waals surface area (Å²) in [6, 6.07) is 4.60. The molecule has 5 heteroatoms. The number of ether oxygens (including phenoxy) is 1. The number of hydrogen-bond donors (Lipinski definition) is 2. The van der Waals surface area contributed by atoms with Crippen LogP contribution in [0.3, 0.4) is 0 Å². The minimum atomic E-state index is -0.618. The molecule has 1 fully saturated rings. The van der Waals surface area contributed by atoms with Crippen molar-refractivity contribution in [1.82, 2.24) is 4.90 Å². The predicted octanol–water partition coefficient (Wildman–Crippen LogP) is 3.08. The van der Waals surface area contributed by atoms with Crippen molar-refractivity contribution in [2.24, 2.45) is 5.92 Å². The molecular formula is C20H30FNO3. The third kappa shape index (κ3) is 7.14. The summed E-state index contributed by atoms with van der Waals surface area (Å²) in [5, 5.41) is 19.3. The van der Waals surface area contributed by atoms with Crippen LogP contribution in [-0.2, 0) is 0 Å². The van der Waals surface area contributed by atoms with Crippen LogP contribution in [0.5, 0.6) is 5.75 Å². The van der Waals surface area contributed by atoms with Gasteiger partial charge in [0.05, 0.1) is 0 Å². The first-order valence-corrected chi connectivity index (χ1v) is 9.22. The van der Waals surface area contributed by atoms with Gasteiger partial charge in [-0.25, -0.2) is 4.39 Å². The Morgan fingerprint density at radius 3 is 2.76 bits per heavy atom. The van der Waals surface area contributed by atoms with E-state index in [1.807, 2.05) is 12.2 Å². The molecular weight excluding hydrogens is 321 g/mol. The fraction of sp³-hybridized carbons (Fsp3) is 0.600. The molecule has 0 aromatic heterocycles. The summed E-state index contributed by atoms with van der Waals surface area (Å²) < 4.78 is 19.3. The lowest BCUT2D eigenvalue weighted by molar-refractivity contribution is 0.0488. The van der Waals surface area contributed by atoms with E-state index in [9.17, 15) is 9.50 Å². The number of benzene rings is 1. The minimum Gasteiger partial charge on any atom is -0.491 e. The first kappa shape index (κ1) is 19.9. The number of aliphatic hydroxyl groups is 2. The quantitative estimate of drug-likeness (QED) is 0.718. The lowest BCUT2D eigenvalue weighted by Crippen LogP contribution is -2.41. The van der Waals surface area contributed by atoms with E-state index < -0.39 is 6.10 Å². The highest BCUT2D eigenvalue weighted by molar-refractivity contribution is 5.51. The van der Waals surface area contributed by atoms with Gasteiger partial charge in [0.1, 0.15) is 24.3 Å². The molecule has 25 heavy (non-hydrogen) atoms. The topological polar surface area (TPSA) is 52.9 Å². The Kier molecular flexibility index (Phi) is 8.38. The Morgan fingerprint density at radius 1 is 1.32 bits per heavy atom. The van der Waals surface area contributed by atoms with Gasteiger partial charge in [0, 0.05) is 19.2 Å². The van der Waals surface area contributed by atoms with Crippen LogP contribution in [0.4, 0.5) is 4.39 Å². The SMILES string of the molecule is CCC/C=C/c1cc(F)cc(OCC(O)CN2CCC(CO)CC2)c1.